The van der Waals surface area contributed by atoms with Gasteiger partial charge in [-0.15, -0.1) is 18.2 Å². The molecule has 4 heteroatoms. The number of benzene rings is 1. The summed E-state index contributed by atoms with van der Waals surface area (Å²) in [5.41, 5.74) is 2.18. The summed E-state index contributed by atoms with van der Waals surface area (Å²) >= 11 is 1.66. The molecule has 1 heterocycles. The summed E-state index contributed by atoms with van der Waals surface area (Å²) in [7, 11) is 0. The molecule has 2 rings (SSSR count). The minimum absolute atomic E-state index is 0.0323. The van der Waals surface area contributed by atoms with Crippen LogP contribution in [0.3, 0.4) is 0 Å². The fourth-order valence-corrected chi connectivity index (χ4v) is 2.75. The highest BCUT2D eigenvalue weighted by Gasteiger charge is 2.25. The van der Waals surface area contributed by atoms with Crippen LogP contribution in [0.1, 0.15) is 17.9 Å². The first-order valence-electron chi connectivity index (χ1n) is 6.44. The SMILES string of the molecule is C#CCSCCNC(=O)C1CCNc2ccccc21. The number of hydrogen-bond donors (Lipinski definition) is 2. The Morgan fingerprint density at radius 1 is 1.53 bits per heavy atom. The van der Waals surface area contributed by atoms with E-state index in [2.05, 4.69) is 16.6 Å². The molecule has 1 aromatic rings. The van der Waals surface area contributed by atoms with Gasteiger partial charge in [-0.05, 0) is 18.1 Å². The van der Waals surface area contributed by atoms with E-state index >= 15 is 0 Å². The van der Waals surface area contributed by atoms with Crippen molar-refractivity contribution in [2.45, 2.75) is 12.3 Å². The summed E-state index contributed by atoms with van der Waals surface area (Å²) in [5, 5.41) is 6.32. The number of amides is 1. The van der Waals surface area contributed by atoms with Gasteiger partial charge in [0.05, 0.1) is 11.7 Å². The molecule has 0 saturated carbocycles. The molecule has 0 bridgehead atoms. The van der Waals surface area contributed by atoms with Crippen molar-refractivity contribution in [2.24, 2.45) is 0 Å². The largest absolute Gasteiger partial charge is 0.385 e. The maximum atomic E-state index is 12.2. The number of carbonyl (C=O) groups excluding carboxylic acids is 1. The Hall–Kier alpha value is -1.60. The van der Waals surface area contributed by atoms with E-state index < -0.39 is 0 Å². The summed E-state index contributed by atoms with van der Waals surface area (Å²) < 4.78 is 0. The van der Waals surface area contributed by atoms with Crippen LogP contribution in [0, 0.1) is 12.3 Å². The highest BCUT2D eigenvalue weighted by atomic mass is 32.2. The highest BCUT2D eigenvalue weighted by molar-refractivity contribution is 7.99. The second-order valence-electron chi connectivity index (χ2n) is 4.40. The van der Waals surface area contributed by atoms with E-state index in [1.807, 2.05) is 24.3 Å². The second-order valence-corrected chi connectivity index (χ2v) is 5.51. The molecular weight excluding hydrogens is 256 g/mol. The number of thioether (sulfide) groups is 1. The number of fused-ring (bicyclic) bond motifs is 1. The van der Waals surface area contributed by atoms with E-state index in [1.165, 1.54) is 0 Å². The topological polar surface area (TPSA) is 41.1 Å². The minimum Gasteiger partial charge on any atom is -0.385 e. The lowest BCUT2D eigenvalue weighted by Gasteiger charge is -2.25. The van der Waals surface area contributed by atoms with Gasteiger partial charge < -0.3 is 10.6 Å². The van der Waals surface area contributed by atoms with E-state index in [4.69, 9.17) is 6.42 Å². The first kappa shape index (κ1) is 13.8. The van der Waals surface area contributed by atoms with Crippen LogP contribution in [0.25, 0.3) is 0 Å². The molecule has 19 heavy (non-hydrogen) atoms. The molecule has 1 aliphatic heterocycles. The van der Waals surface area contributed by atoms with Crippen molar-refractivity contribution < 1.29 is 4.79 Å². The normalized spacial score (nSPS) is 16.9. The molecular formula is C15H18N2OS. The van der Waals surface area contributed by atoms with Crippen molar-refractivity contribution in [1.29, 1.82) is 0 Å². The summed E-state index contributed by atoms with van der Waals surface area (Å²) in [6, 6.07) is 8.02. The first-order chi connectivity index (χ1) is 9.33. The number of terminal acetylenes is 1. The Bertz CT molecular complexity index is 481. The fourth-order valence-electron chi connectivity index (χ4n) is 2.24. The predicted molar refractivity (Wildman–Crippen MR) is 81.5 cm³/mol. The van der Waals surface area contributed by atoms with Gasteiger partial charge in [0, 0.05) is 24.5 Å². The maximum absolute atomic E-state index is 12.2. The van der Waals surface area contributed by atoms with Crippen LogP contribution in [-0.4, -0.2) is 30.5 Å². The summed E-state index contributed by atoms with van der Waals surface area (Å²) in [6.45, 7) is 1.53. The van der Waals surface area contributed by atoms with Crippen molar-refractivity contribution in [2.75, 3.05) is 29.9 Å². The number of anilines is 1. The van der Waals surface area contributed by atoms with Gasteiger partial charge in [0.25, 0.3) is 0 Å². The lowest BCUT2D eigenvalue weighted by Crippen LogP contribution is -2.34. The molecule has 1 aromatic carbocycles. The smallest absolute Gasteiger partial charge is 0.227 e. The van der Waals surface area contributed by atoms with Gasteiger partial charge in [-0.25, -0.2) is 0 Å². The van der Waals surface area contributed by atoms with Gasteiger partial charge in [-0.1, -0.05) is 24.1 Å². The van der Waals surface area contributed by atoms with Crippen molar-refractivity contribution in [1.82, 2.24) is 5.32 Å². The molecule has 100 valence electrons. The molecule has 1 amide bonds. The molecule has 0 aromatic heterocycles. The second kappa shape index (κ2) is 7.10. The van der Waals surface area contributed by atoms with E-state index in [0.717, 1.165) is 30.0 Å². The number of hydrogen-bond acceptors (Lipinski definition) is 3. The van der Waals surface area contributed by atoms with Gasteiger partial charge in [-0.3, -0.25) is 4.79 Å². The third-order valence-corrected chi connectivity index (χ3v) is 4.00. The van der Waals surface area contributed by atoms with E-state index in [0.29, 0.717) is 12.3 Å². The third kappa shape index (κ3) is 3.68. The zero-order chi connectivity index (χ0) is 13.5. The minimum atomic E-state index is -0.0323. The molecule has 3 nitrogen and oxygen atoms in total. The van der Waals surface area contributed by atoms with Gasteiger partial charge in [0.15, 0.2) is 0 Å². The van der Waals surface area contributed by atoms with Crippen LogP contribution in [-0.2, 0) is 4.79 Å². The number of carbonyl (C=O) groups is 1. The van der Waals surface area contributed by atoms with Gasteiger partial charge >= 0.3 is 0 Å². The summed E-state index contributed by atoms with van der Waals surface area (Å²) in [6.07, 6.45) is 6.02. The Kier molecular flexibility index (Phi) is 5.17. The summed E-state index contributed by atoms with van der Waals surface area (Å²) in [4.78, 5) is 12.2. The lowest BCUT2D eigenvalue weighted by atomic mass is 9.90. The lowest BCUT2D eigenvalue weighted by molar-refractivity contribution is -0.122. The highest BCUT2D eigenvalue weighted by Crippen LogP contribution is 2.31. The van der Waals surface area contributed by atoms with E-state index in [9.17, 15) is 4.79 Å². The Morgan fingerprint density at radius 3 is 3.21 bits per heavy atom. The van der Waals surface area contributed by atoms with Crippen molar-refractivity contribution in [3.05, 3.63) is 29.8 Å². The predicted octanol–water partition coefficient (Wildman–Crippen LogP) is 2.07. The average molecular weight is 274 g/mol. The summed E-state index contributed by atoms with van der Waals surface area (Å²) in [5.74, 6) is 4.23. The average Bonchev–Trinajstić information content (AvgIpc) is 2.46. The molecule has 0 saturated heterocycles. The zero-order valence-corrected chi connectivity index (χ0v) is 11.6. The number of rotatable bonds is 5. The molecule has 0 radical (unpaired) electrons. The van der Waals surface area contributed by atoms with Crippen LogP contribution < -0.4 is 10.6 Å². The quantitative estimate of drug-likeness (QED) is 0.638. The molecule has 1 unspecified atom stereocenters. The van der Waals surface area contributed by atoms with Crippen LogP contribution in [0.2, 0.25) is 0 Å². The first-order valence-corrected chi connectivity index (χ1v) is 7.60. The zero-order valence-electron chi connectivity index (χ0n) is 10.8. The monoisotopic (exact) mass is 274 g/mol. The molecule has 1 atom stereocenters. The van der Waals surface area contributed by atoms with Crippen molar-refractivity contribution in [3.63, 3.8) is 0 Å². The molecule has 0 spiro atoms. The van der Waals surface area contributed by atoms with Gasteiger partial charge in [0.2, 0.25) is 5.91 Å². The van der Waals surface area contributed by atoms with Crippen molar-refractivity contribution >= 4 is 23.4 Å². The van der Waals surface area contributed by atoms with Gasteiger partial charge in [0.1, 0.15) is 0 Å². The molecule has 0 aliphatic carbocycles. The number of para-hydroxylation sites is 1. The molecule has 2 N–H and O–H groups in total. The molecule has 0 fully saturated rings. The van der Waals surface area contributed by atoms with E-state index in [1.54, 1.807) is 11.8 Å². The Balaban J connectivity index is 1.89. The van der Waals surface area contributed by atoms with Gasteiger partial charge in [-0.2, -0.15) is 0 Å². The van der Waals surface area contributed by atoms with Crippen LogP contribution in [0.5, 0.6) is 0 Å². The molecule has 1 aliphatic rings. The Morgan fingerprint density at radius 2 is 2.37 bits per heavy atom. The Labute approximate surface area is 118 Å². The van der Waals surface area contributed by atoms with Crippen LogP contribution >= 0.6 is 11.8 Å². The van der Waals surface area contributed by atoms with Crippen LogP contribution in [0.4, 0.5) is 5.69 Å². The van der Waals surface area contributed by atoms with Crippen LogP contribution in [0.15, 0.2) is 24.3 Å². The third-order valence-electron chi connectivity index (χ3n) is 3.13. The maximum Gasteiger partial charge on any atom is 0.227 e. The fraction of sp³-hybridized carbons (Fsp3) is 0.400. The van der Waals surface area contributed by atoms with E-state index in [-0.39, 0.29) is 11.8 Å². The number of nitrogens with one attached hydrogen (secondary N) is 2. The standard InChI is InChI=1S/C15H18N2OS/c1-2-10-19-11-9-17-15(18)13-7-8-16-14-6-4-3-5-12(13)14/h1,3-6,13,16H,7-11H2,(H,17,18). The van der Waals surface area contributed by atoms with Crippen molar-refractivity contribution in [3.8, 4) is 12.3 Å².